The predicted molar refractivity (Wildman–Crippen MR) is 140 cm³/mol. The molecule has 2 aromatic rings. The third kappa shape index (κ3) is 6.78. The van der Waals surface area contributed by atoms with Crippen LogP contribution in [0.25, 0.3) is 0 Å². The minimum atomic E-state index is -0.409. The summed E-state index contributed by atoms with van der Waals surface area (Å²) in [6.07, 6.45) is 16.0. The maximum Gasteiger partial charge on any atom is 0.221 e. The fraction of sp³-hybridized carbons (Fsp3) is 0.481. The van der Waals surface area contributed by atoms with E-state index in [-0.39, 0.29) is 11.9 Å². The molecule has 3 atom stereocenters. The molecule has 7 heteroatoms. The van der Waals surface area contributed by atoms with Crippen molar-refractivity contribution in [3.05, 3.63) is 64.2 Å². The van der Waals surface area contributed by atoms with Crippen molar-refractivity contribution in [3.63, 3.8) is 0 Å². The van der Waals surface area contributed by atoms with Crippen LogP contribution in [0, 0.1) is 0 Å². The molecule has 1 amide bonds. The van der Waals surface area contributed by atoms with E-state index < -0.39 is 6.10 Å². The number of nitrogens with two attached hydrogens (primary N) is 1. The molecule has 3 aliphatic rings. The number of carbonyl (C=O) groups excluding carboxylic acids is 1. The van der Waals surface area contributed by atoms with E-state index in [1.807, 2.05) is 12.1 Å². The van der Waals surface area contributed by atoms with E-state index in [9.17, 15) is 9.90 Å². The monoisotopic (exact) mass is 480 g/mol. The summed E-state index contributed by atoms with van der Waals surface area (Å²) in [6.45, 7) is 1.51. The third-order valence-corrected chi connectivity index (χ3v) is 7.63. The molecule has 5 rings (SSSR count). The van der Waals surface area contributed by atoms with Crippen LogP contribution in [0.2, 0.25) is 0 Å². The first-order valence-corrected chi connectivity index (χ1v) is 13.2. The second-order valence-corrected chi connectivity index (χ2v) is 10.5. The van der Waals surface area contributed by atoms with Gasteiger partial charge in [0.1, 0.15) is 0 Å². The van der Waals surface area contributed by atoms with E-state index in [0.29, 0.717) is 6.04 Å². The lowest BCUT2D eigenvalue weighted by Gasteiger charge is -2.22. The fourth-order valence-corrected chi connectivity index (χ4v) is 5.85. The molecule has 1 aromatic carbocycles. The Morgan fingerprint density at radius 3 is 2.74 bits per heavy atom. The average molecular weight is 481 g/mol. The molecule has 0 saturated carbocycles. The average Bonchev–Trinajstić information content (AvgIpc) is 3.46. The lowest BCUT2D eigenvalue weighted by molar-refractivity contribution is -0.114. The zero-order valence-electron chi connectivity index (χ0n) is 19.9. The number of hydrogen-bond acceptors (Lipinski definition) is 6. The highest BCUT2D eigenvalue weighted by Gasteiger charge is 2.30. The number of fused-ring (bicyclic) bond motifs is 1. The van der Waals surface area contributed by atoms with Gasteiger partial charge in [0.05, 0.1) is 11.8 Å². The molecule has 6 nitrogen and oxygen atoms in total. The van der Waals surface area contributed by atoms with Gasteiger partial charge in [-0.1, -0.05) is 30.4 Å². The van der Waals surface area contributed by atoms with Gasteiger partial charge in [-0.2, -0.15) is 0 Å². The molecule has 1 aromatic heterocycles. The Morgan fingerprint density at radius 2 is 2.03 bits per heavy atom. The molecule has 0 radical (unpaired) electrons. The van der Waals surface area contributed by atoms with E-state index in [0.717, 1.165) is 54.9 Å². The smallest absolute Gasteiger partial charge is 0.221 e. The number of aliphatic hydroxyl groups excluding tert-OH is 1. The van der Waals surface area contributed by atoms with Gasteiger partial charge in [-0.15, -0.1) is 11.3 Å². The van der Waals surface area contributed by atoms with E-state index in [1.165, 1.54) is 42.3 Å². The highest BCUT2D eigenvalue weighted by Crippen LogP contribution is 2.27. The van der Waals surface area contributed by atoms with Crippen LogP contribution in [-0.2, 0) is 24.1 Å². The summed E-state index contributed by atoms with van der Waals surface area (Å²) in [4.78, 5) is 16.7. The van der Waals surface area contributed by atoms with Crippen LogP contribution in [0.5, 0.6) is 0 Å². The Labute approximate surface area is 206 Å². The quantitative estimate of drug-likeness (QED) is 0.503. The Bertz CT molecular complexity index is 1000. The molecule has 2 heterocycles. The number of hydrogen-bond donors (Lipinski definition) is 4. The second-order valence-electron chi connectivity index (χ2n) is 9.39. The molecule has 0 bridgehead atoms. The molecule has 182 valence electrons. The number of aromatic nitrogens is 1. The van der Waals surface area contributed by atoms with Crippen LogP contribution >= 0.6 is 11.3 Å². The number of anilines is 2. The summed E-state index contributed by atoms with van der Waals surface area (Å²) >= 11 is 1.66. The number of nitrogen functional groups attached to an aromatic ring is 1. The molecule has 1 saturated heterocycles. The van der Waals surface area contributed by atoms with E-state index in [4.69, 9.17) is 5.73 Å². The van der Waals surface area contributed by atoms with Crippen LogP contribution < -0.4 is 16.4 Å². The van der Waals surface area contributed by atoms with Crippen LogP contribution in [-0.4, -0.2) is 34.2 Å². The SMILES string of the molecule is CC(=O)Nc1ccc(C[C@@H]2CC[C@H]([C@H](O)C3=CCCC=C3)N2)cc1.Nc1nc2c(s1)CCCC2. The summed E-state index contributed by atoms with van der Waals surface area (Å²) in [5, 5.41) is 17.7. The Hall–Kier alpha value is -2.48. The van der Waals surface area contributed by atoms with Crippen LogP contribution in [0.1, 0.15) is 61.6 Å². The first-order valence-electron chi connectivity index (χ1n) is 12.4. The molecule has 2 aliphatic carbocycles. The van der Waals surface area contributed by atoms with Gasteiger partial charge in [0.2, 0.25) is 5.91 Å². The number of thiazole rings is 1. The predicted octanol–water partition coefficient (Wildman–Crippen LogP) is 4.55. The Balaban J connectivity index is 0.000000226. The number of aliphatic hydroxyl groups is 1. The van der Waals surface area contributed by atoms with Gasteiger partial charge in [0, 0.05) is 29.6 Å². The number of carbonyl (C=O) groups is 1. The topological polar surface area (TPSA) is 100 Å². The van der Waals surface area contributed by atoms with Crippen molar-refractivity contribution < 1.29 is 9.90 Å². The largest absolute Gasteiger partial charge is 0.387 e. The number of amides is 1. The van der Waals surface area contributed by atoms with Crippen molar-refractivity contribution in [2.24, 2.45) is 0 Å². The van der Waals surface area contributed by atoms with Gasteiger partial charge in [-0.3, -0.25) is 4.79 Å². The molecule has 1 fully saturated rings. The van der Waals surface area contributed by atoms with Crippen molar-refractivity contribution in [3.8, 4) is 0 Å². The molecule has 0 unspecified atom stereocenters. The zero-order valence-corrected chi connectivity index (χ0v) is 20.7. The maximum absolute atomic E-state index is 11.1. The first kappa shape index (κ1) is 24.6. The molecule has 5 N–H and O–H groups in total. The van der Waals surface area contributed by atoms with Gasteiger partial charge in [0.25, 0.3) is 0 Å². The van der Waals surface area contributed by atoms with E-state index >= 15 is 0 Å². The first-order chi connectivity index (χ1) is 16.5. The van der Waals surface area contributed by atoms with Crippen molar-refractivity contribution in [2.75, 3.05) is 11.1 Å². The van der Waals surface area contributed by atoms with Gasteiger partial charge < -0.3 is 21.5 Å². The maximum atomic E-state index is 11.1. The standard InChI is InChI=1S/C20H26N2O2.C7H10N2S/c1-14(23)21-17-9-7-15(8-10-17)13-18-11-12-19(22-18)20(24)16-5-3-2-4-6-16;8-7-9-5-3-1-2-4-6(5)10-7/h3,5-10,18-20,22,24H,2,4,11-13H2,1H3,(H,21,23);1-4H2,(H2,8,9)/t18-,19+,20+;/m0./s1. The van der Waals surface area contributed by atoms with E-state index in [1.54, 1.807) is 11.3 Å². The fourth-order valence-electron chi connectivity index (χ4n) is 4.93. The summed E-state index contributed by atoms with van der Waals surface area (Å²) in [5.41, 5.74) is 9.95. The minimum Gasteiger partial charge on any atom is -0.387 e. The number of benzene rings is 1. The van der Waals surface area contributed by atoms with Crippen LogP contribution in [0.15, 0.2) is 48.1 Å². The van der Waals surface area contributed by atoms with Gasteiger partial charge >= 0.3 is 0 Å². The normalized spacial score (nSPS) is 22.2. The molecular formula is C27H36N4O2S. The third-order valence-electron chi connectivity index (χ3n) is 6.64. The zero-order chi connectivity index (χ0) is 23.9. The summed E-state index contributed by atoms with van der Waals surface area (Å²) in [7, 11) is 0. The van der Waals surface area contributed by atoms with Crippen LogP contribution in [0.3, 0.4) is 0 Å². The summed E-state index contributed by atoms with van der Waals surface area (Å²) in [5.74, 6) is -0.0527. The van der Waals surface area contributed by atoms with Gasteiger partial charge in [0.15, 0.2) is 5.13 Å². The van der Waals surface area contributed by atoms with Gasteiger partial charge in [-0.25, -0.2) is 4.98 Å². The summed E-state index contributed by atoms with van der Waals surface area (Å²) in [6, 6.07) is 8.53. The molecular weight excluding hydrogens is 444 g/mol. The Morgan fingerprint density at radius 1 is 1.24 bits per heavy atom. The highest BCUT2D eigenvalue weighted by molar-refractivity contribution is 7.15. The van der Waals surface area contributed by atoms with Gasteiger partial charge in [-0.05, 0) is 81.1 Å². The lowest BCUT2D eigenvalue weighted by Crippen LogP contribution is -2.40. The molecule has 0 spiro atoms. The number of nitrogens with zero attached hydrogens (tertiary/aromatic N) is 1. The van der Waals surface area contributed by atoms with Crippen molar-refractivity contribution in [2.45, 2.75) is 82.9 Å². The minimum absolute atomic E-state index is 0.0527. The number of rotatable bonds is 5. The Kier molecular flexibility index (Phi) is 8.53. The van der Waals surface area contributed by atoms with Crippen molar-refractivity contribution in [1.82, 2.24) is 10.3 Å². The lowest BCUT2D eigenvalue weighted by atomic mass is 9.96. The number of allylic oxidation sites excluding steroid dienone is 2. The van der Waals surface area contributed by atoms with E-state index in [2.05, 4.69) is 46.0 Å². The number of aryl methyl sites for hydroxylation is 2. The van der Waals surface area contributed by atoms with Crippen molar-refractivity contribution >= 4 is 28.1 Å². The molecule has 34 heavy (non-hydrogen) atoms. The highest BCUT2D eigenvalue weighted by atomic mass is 32.1. The van der Waals surface area contributed by atoms with Crippen molar-refractivity contribution in [1.29, 1.82) is 0 Å². The second kappa shape index (κ2) is 11.8. The van der Waals surface area contributed by atoms with Crippen LogP contribution in [0.4, 0.5) is 10.8 Å². The number of nitrogens with one attached hydrogen (secondary N) is 2. The summed E-state index contributed by atoms with van der Waals surface area (Å²) < 4.78 is 0. The molecule has 1 aliphatic heterocycles.